The molecule has 0 spiro atoms. The monoisotopic (exact) mass is 1130 g/mol. The summed E-state index contributed by atoms with van der Waals surface area (Å²) in [6, 6.07) is 14.1. The molecule has 7 rings (SSSR count). The Balaban J connectivity index is 0.845. The number of nitrogens with one attached hydrogen (secondary N) is 5. The second kappa shape index (κ2) is 25.3. The normalized spacial score (nSPS) is 15.2. The Kier molecular flexibility index (Phi) is 19.1. The summed E-state index contributed by atoms with van der Waals surface area (Å²) in [6.07, 6.45) is 3.46. The zero-order valence-corrected chi connectivity index (χ0v) is 47.0. The number of thiazole rings is 2. The number of likely N-dealkylation sites (tertiary alicyclic amines) is 1. The molecule has 3 aromatic carbocycles. The van der Waals surface area contributed by atoms with Crippen molar-refractivity contribution in [1.82, 2.24) is 40.8 Å². The number of sulfonamides is 1. The number of aliphatic hydroxyl groups is 1. The Bertz CT molecular complexity index is 3210. The SMILES string of the molecule is Cc1ncsc1-c1ccc(CNC(=O)C2CC(O)CN2C(=O)C(NC(=O)CCC(=O)NCCCCCCNc2nccc(-c3sc(C(C)(C)C)nc3-c3cccc(NS(=O)(=O)c4c(F)cccc4F)c3F)n2)C(C)(C)C)cc1. The van der Waals surface area contributed by atoms with Gasteiger partial charge in [-0.2, -0.15) is 0 Å². The van der Waals surface area contributed by atoms with Crippen LogP contribution in [0.4, 0.5) is 24.8 Å². The van der Waals surface area contributed by atoms with Crippen molar-refractivity contribution in [3.05, 3.63) is 112 Å². The van der Waals surface area contributed by atoms with Crippen LogP contribution in [0, 0.1) is 29.8 Å². The highest BCUT2D eigenvalue weighted by Gasteiger charge is 2.44. The summed E-state index contributed by atoms with van der Waals surface area (Å²) in [5.74, 6) is -5.06. The average molecular weight is 1130 g/mol. The third kappa shape index (κ3) is 14.8. The number of halogens is 3. The molecule has 23 heteroatoms. The summed E-state index contributed by atoms with van der Waals surface area (Å²) in [5.41, 5.74) is 3.43. The number of aryl methyl sites for hydroxylation is 1. The summed E-state index contributed by atoms with van der Waals surface area (Å²) in [7, 11) is -4.87. The van der Waals surface area contributed by atoms with Gasteiger partial charge in [0.15, 0.2) is 10.7 Å². The van der Waals surface area contributed by atoms with Gasteiger partial charge in [-0.15, -0.1) is 22.7 Å². The van der Waals surface area contributed by atoms with Crippen molar-refractivity contribution >= 4 is 68.0 Å². The minimum absolute atomic E-state index is 0.0556. The number of hydrogen-bond acceptors (Lipinski definition) is 14. The van der Waals surface area contributed by atoms with E-state index >= 15 is 4.39 Å². The number of amides is 4. The standard InChI is InChI=1S/C55H65F3N10O7S3/c1-32-46(76-31-63-32)34-20-18-33(19-21-34)29-62-50(72)41-28-35(69)30-68(41)51(73)49(54(2,3)4)65-43(71)23-22-42(70)59-25-10-8-9-11-26-60-53-61-27-24-40(64-53)47-45(66-52(77-47)55(5,6)7)36-14-12-17-39(44(36)58)67-78(74,75)48-37(56)15-13-16-38(48)57/h12-21,24,27,31,35,41,49,67,69H,8-11,22-23,25-26,28-30H2,1-7H3,(H,59,70)(H,62,72)(H,65,71)(H,60,61,64). The van der Waals surface area contributed by atoms with Crippen LogP contribution in [0.25, 0.3) is 32.3 Å². The van der Waals surface area contributed by atoms with E-state index in [4.69, 9.17) is 9.97 Å². The first-order chi connectivity index (χ1) is 36.9. The zero-order chi connectivity index (χ0) is 56.5. The third-order valence-corrected chi connectivity index (χ3v) is 16.7. The number of benzene rings is 3. The van der Waals surface area contributed by atoms with Crippen LogP contribution in [0.15, 0.2) is 83.3 Å². The Morgan fingerprint density at radius 1 is 0.821 bits per heavy atom. The van der Waals surface area contributed by atoms with Crippen LogP contribution in [-0.2, 0) is 41.2 Å². The summed E-state index contributed by atoms with van der Waals surface area (Å²) >= 11 is 2.84. The first-order valence-corrected chi connectivity index (χ1v) is 28.7. The predicted molar refractivity (Wildman–Crippen MR) is 295 cm³/mol. The Labute approximate surface area is 460 Å². The predicted octanol–water partition coefficient (Wildman–Crippen LogP) is 8.89. The number of hydrogen-bond donors (Lipinski definition) is 6. The van der Waals surface area contributed by atoms with Crippen LogP contribution in [0.1, 0.15) is 103 Å². The van der Waals surface area contributed by atoms with E-state index in [2.05, 4.69) is 31.2 Å². The number of nitrogens with zero attached hydrogens (tertiary/aromatic N) is 5. The number of anilines is 2. The fourth-order valence-electron chi connectivity index (χ4n) is 8.66. The Morgan fingerprint density at radius 3 is 2.17 bits per heavy atom. The van der Waals surface area contributed by atoms with Crippen LogP contribution in [0.2, 0.25) is 0 Å². The molecular formula is C55H65F3N10O7S3. The molecule has 6 N–H and O–H groups in total. The van der Waals surface area contributed by atoms with Crippen molar-refractivity contribution in [3.8, 4) is 32.3 Å². The molecule has 1 fully saturated rings. The van der Waals surface area contributed by atoms with Gasteiger partial charge in [0.2, 0.25) is 29.6 Å². The van der Waals surface area contributed by atoms with Crippen molar-refractivity contribution < 1.29 is 45.9 Å². The number of carbonyl (C=O) groups excluding carboxylic acids is 4. The van der Waals surface area contributed by atoms with Gasteiger partial charge in [0.05, 0.1) is 49.1 Å². The lowest BCUT2D eigenvalue weighted by molar-refractivity contribution is -0.144. The van der Waals surface area contributed by atoms with E-state index in [1.54, 1.807) is 49.9 Å². The van der Waals surface area contributed by atoms with E-state index in [9.17, 15) is 41.5 Å². The molecular weight excluding hydrogens is 1070 g/mol. The van der Waals surface area contributed by atoms with Crippen molar-refractivity contribution in [2.75, 3.05) is 29.7 Å². The number of carbonyl (C=O) groups is 4. The largest absolute Gasteiger partial charge is 0.391 e. The molecule has 1 aliphatic rings. The molecule has 78 heavy (non-hydrogen) atoms. The highest BCUT2D eigenvalue weighted by atomic mass is 32.2. The van der Waals surface area contributed by atoms with Crippen LogP contribution < -0.4 is 26.0 Å². The van der Waals surface area contributed by atoms with E-state index in [0.29, 0.717) is 41.0 Å². The summed E-state index contributed by atoms with van der Waals surface area (Å²) < 4.78 is 73.4. The van der Waals surface area contributed by atoms with Crippen molar-refractivity contribution in [1.29, 1.82) is 0 Å². The second-order valence-electron chi connectivity index (χ2n) is 21.2. The molecule has 416 valence electrons. The van der Waals surface area contributed by atoms with Gasteiger partial charge in [-0.1, -0.05) is 90.8 Å². The molecule has 0 radical (unpaired) electrons. The van der Waals surface area contributed by atoms with Crippen LogP contribution in [0.3, 0.4) is 0 Å². The first-order valence-electron chi connectivity index (χ1n) is 25.6. The minimum atomic E-state index is -4.87. The molecule has 6 aromatic rings. The third-order valence-electron chi connectivity index (χ3n) is 12.8. The number of rotatable bonds is 22. The lowest BCUT2D eigenvalue weighted by Crippen LogP contribution is -2.57. The van der Waals surface area contributed by atoms with Crippen LogP contribution >= 0.6 is 22.7 Å². The highest BCUT2D eigenvalue weighted by molar-refractivity contribution is 7.92. The van der Waals surface area contributed by atoms with Gasteiger partial charge >= 0.3 is 0 Å². The average Bonchev–Trinajstić information content (AvgIpc) is 4.14. The molecule has 1 saturated heterocycles. The zero-order valence-electron chi connectivity index (χ0n) is 44.5. The number of aromatic nitrogens is 4. The number of β-amino-alcohol motifs (C(OH)–C–C–N with tert-alkyl or cyclic N) is 1. The maximum absolute atomic E-state index is 16.3. The topological polar surface area (TPSA) is 238 Å². The lowest BCUT2D eigenvalue weighted by Gasteiger charge is -2.35. The van der Waals surface area contributed by atoms with Crippen molar-refractivity contribution in [2.24, 2.45) is 5.41 Å². The van der Waals surface area contributed by atoms with Gasteiger partial charge in [-0.3, -0.25) is 23.9 Å². The summed E-state index contributed by atoms with van der Waals surface area (Å²) in [4.78, 5) is 73.3. The first kappa shape index (κ1) is 58.9. The van der Waals surface area contributed by atoms with E-state index < -0.39 is 84.8 Å². The molecule has 0 bridgehead atoms. The fraction of sp³-hybridized carbons (Fsp3) is 0.418. The fourth-order valence-corrected chi connectivity index (χ4v) is 11.8. The second-order valence-corrected chi connectivity index (χ2v) is 24.6. The lowest BCUT2D eigenvalue weighted by atomic mass is 9.85. The van der Waals surface area contributed by atoms with E-state index in [1.807, 2.05) is 56.7 Å². The molecule has 4 amide bonds. The maximum Gasteiger partial charge on any atom is 0.267 e. The Hall–Kier alpha value is -6.82. The van der Waals surface area contributed by atoms with Crippen molar-refractivity contribution in [3.63, 3.8) is 0 Å². The number of aliphatic hydroxyl groups excluding tert-OH is 1. The number of unbranched alkanes of at least 4 members (excludes halogenated alkanes) is 3. The maximum atomic E-state index is 16.3. The molecule has 0 saturated carbocycles. The highest BCUT2D eigenvalue weighted by Crippen LogP contribution is 2.42. The molecule has 3 atom stereocenters. The minimum Gasteiger partial charge on any atom is -0.391 e. The quantitative estimate of drug-likeness (QED) is 0.0350. The molecule has 4 heterocycles. The van der Waals surface area contributed by atoms with Crippen molar-refractivity contribution in [2.45, 2.75) is 128 Å². The van der Waals surface area contributed by atoms with Crippen LogP contribution in [-0.4, -0.2) is 99.8 Å². The summed E-state index contributed by atoms with van der Waals surface area (Å²) in [6.45, 7) is 14.2. The Morgan fingerprint density at radius 2 is 1.50 bits per heavy atom. The van der Waals surface area contributed by atoms with Gasteiger partial charge in [-0.05, 0) is 66.6 Å². The van der Waals surface area contributed by atoms with Crippen LogP contribution in [0.5, 0.6) is 0 Å². The van der Waals surface area contributed by atoms with Gasteiger partial charge in [0.1, 0.15) is 23.7 Å². The van der Waals surface area contributed by atoms with E-state index in [-0.39, 0.29) is 49.5 Å². The molecule has 3 aromatic heterocycles. The molecule has 3 unspecified atom stereocenters. The summed E-state index contributed by atoms with van der Waals surface area (Å²) in [5, 5.41) is 23.0. The van der Waals surface area contributed by atoms with Gasteiger partial charge in [-0.25, -0.2) is 41.5 Å². The van der Waals surface area contributed by atoms with Gasteiger partial charge < -0.3 is 31.3 Å². The van der Waals surface area contributed by atoms with Gasteiger partial charge in [0, 0.05) is 62.6 Å². The molecule has 0 aliphatic carbocycles. The smallest absolute Gasteiger partial charge is 0.267 e. The van der Waals surface area contributed by atoms with Gasteiger partial charge in [0.25, 0.3) is 10.0 Å². The van der Waals surface area contributed by atoms with E-state index in [1.165, 1.54) is 28.4 Å². The molecule has 1 aliphatic heterocycles. The van der Waals surface area contributed by atoms with E-state index in [0.717, 1.165) is 65.2 Å². The molecule has 17 nitrogen and oxygen atoms in total.